The molecule has 0 amide bonds. The maximum Gasteiger partial charge on any atom is 0.473 e. The molecule has 116 valence electrons. The van der Waals surface area contributed by atoms with E-state index < -0.39 is 44.2 Å². The Morgan fingerprint density at radius 3 is 2.14 bits per heavy atom. The fourth-order valence-corrected chi connectivity index (χ4v) is 3.41. The highest BCUT2D eigenvalue weighted by atomic mass is 31.2. The summed E-state index contributed by atoms with van der Waals surface area (Å²) in [7, 11) is 9.70. The fraction of sp³-hybridized carbons (Fsp3) is 1.00. The zero-order valence-corrected chi connectivity index (χ0v) is 12.7. The van der Waals surface area contributed by atoms with Crippen molar-refractivity contribution in [2.75, 3.05) is 27.4 Å². The third kappa shape index (κ3) is 4.09. The average Bonchev–Trinajstić information content (AvgIpc) is 2.93. The summed E-state index contributed by atoms with van der Waals surface area (Å²) in [5.74, 6) is 0. The van der Waals surface area contributed by atoms with Gasteiger partial charge in [-0.25, -0.2) is 4.57 Å². The Bertz CT molecular complexity index is 399. The first-order chi connectivity index (χ1) is 9.88. The molecular weight excluding hydrogens is 301 g/mol. The van der Waals surface area contributed by atoms with Crippen LogP contribution in [0.5, 0.6) is 0 Å². The molecule has 0 saturated carbocycles. The van der Waals surface area contributed by atoms with E-state index in [9.17, 15) is 9.46 Å². The van der Waals surface area contributed by atoms with E-state index in [1.54, 1.807) is 0 Å². The molecule has 2 fully saturated rings. The van der Waals surface area contributed by atoms with E-state index in [1.807, 2.05) is 0 Å². The van der Waals surface area contributed by atoms with Gasteiger partial charge in [0.25, 0.3) is 0 Å². The number of phosphoric ester groups is 1. The fourth-order valence-electron chi connectivity index (χ4n) is 2.27. The molecule has 2 aliphatic rings. The average molecular weight is 318 g/mol. The molecule has 0 spiro atoms. The second-order valence-electron chi connectivity index (χ2n) is 4.75. The standard InChI is InChI=1S/C10H17B2O8P/c1-15-5-3-17-10(12)8(5)20-21(13,14)19-6-4-18-9(11)7(6)16-2/h5-10H,3-4H2,1-2H3,(H,13,14). The van der Waals surface area contributed by atoms with Crippen LogP contribution in [0.1, 0.15) is 0 Å². The molecule has 1 N–H and O–H groups in total. The van der Waals surface area contributed by atoms with E-state index >= 15 is 0 Å². The Balaban J connectivity index is 1.97. The molecule has 2 rings (SSSR count). The first-order valence-electron chi connectivity index (χ1n) is 6.37. The van der Waals surface area contributed by atoms with Crippen LogP contribution in [-0.4, -0.2) is 84.4 Å². The van der Waals surface area contributed by atoms with Crippen molar-refractivity contribution in [3.63, 3.8) is 0 Å². The summed E-state index contributed by atoms with van der Waals surface area (Å²) in [6.45, 7) is 0.189. The van der Waals surface area contributed by atoms with Crippen LogP contribution in [0.25, 0.3) is 0 Å². The summed E-state index contributed by atoms with van der Waals surface area (Å²) in [5, 5.41) is 0. The summed E-state index contributed by atoms with van der Waals surface area (Å²) < 4.78 is 42.6. The van der Waals surface area contributed by atoms with Crippen LogP contribution in [-0.2, 0) is 32.6 Å². The van der Waals surface area contributed by atoms with Gasteiger partial charge in [-0.3, -0.25) is 9.05 Å². The zero-order chi connectivity index (χ0) is 15.6. The van der Waals surface area contributed by atoms with Crippen LogP contribution < -0.4 is 0 Å². The molecule has 4 radical (unpaired) electrons. The highest BCUT2D eigenvalue weighted by Crippen LogP contribution is 2.49. The monoisotopic (exact) mass is 318 g/mol. The van der Waals surface area contributed by atoms with Gasteiger partial charge in [-0.1, -0.05) is 0 Å². The molecule has 21 heavy (non-hydrogen) atoms. The zero-order valence-electron chi connectivity index (χ0n) is 11.8. The third-order valence-corrected chi connectivity index (χ3v) is 4.43. The second kappa shape index (κ2) is 7.10. The van der Waals surface area contributed by atoms with Gasteiger partial charge in [0.1, 0.15) is 40.1 Å². The molecule has 8 nitrogen and oxygen atoms in total. The highest BCUT2D eigenvalue weighted by Gasteiger charge is 2.44. The van der Waals surface area contributed by atoms with E-state index in [1.165, 1.54) is 14.2 Å². The molecule has 0 aromatic heterocycles. The van der Waals surface area contributed by atoms with E-state index in [2.05, 4.69) is 0 Å². The number of hydrogen-bond donors (Lipinski definition) is 1. The van der Waals surface area contributed by atoms with Crippen molar-refractivity contribution in [3.05, 3.63) is 0 Å². The molecule has 2 saturated heterocycles. The van der Waals surface area contributed by atoms with Crippen molar-refractivity contribution >= 4 is 23.5 Å². The largest absolute Gasteiger partial charge is 0.473 e. The predicted octanol–water partition coefficient (Wildman–Crippen LogP) is -1.06. The van der Waals surface area contributed by atoms with Gasteiger partial charge in [0.2, 0.25) is 0 Å². The van der Waals surface area contributed by atoms with Crippen LogP contribution in [0.15, 0.2) is 0 Å². The lowest BCUT2D eigenvalue weighted by Crippen LogP contribution is -2.36. The topological polar surface area (TPSA) is 92.7 Å². The summed E-state index contributed by atoms with van der Waals surface area (Å²) in [6, 6.07) is -1.61. The molecule has 2 heterocycles. The van der Waals surface area contributed by atoms with Gasteiger partial charge in [-0.05, 0) is 0 Å². The molecule has 0 aliphatic carbocycles. The summed E-state index contributed by atoms with van der Waals surface area (Å²) in [5.41, 5.74) is 0. The summed E-state index contributed by atoms with van der Waals surface area (Å²) >= 11 is 0. The van der Waals surface area contributed by atoms with Crippen LogP contribution in [0.3, 0.4) is 0 Å². The van der Waals surface area contributed by atoms with E-state index in [-0.39, 0.29) is 13.2 Å². The van der Waals surface area contributed by atoms with Crippen molar-refractivity contribution in [1.29, 1.82) is 0 Å². The van der Waals surface area contributed by atoms with Crippen LogP contribution >= 0.6 is 7.82 Å². The third-order valence-electron chi connectivity index (χ3n) is 3.38. The molecule has 2 aliphatic heterocycles. The Morgan fingerprint density at radius 2 is 1.57 bits per heavy atom. The van der Waals surface area contributed by atoms with Crippen LogP contribution in [0.4, 0.5) is 0 Å². The first-order valence-corrected chi connectivity index (χ1v) is 7.87. The predicted molar refractivity (Wildman–Crippen MR) is 72.2 cm³/mol. The Morgan fingerprint density at radius 1 is 1.00 bits per heavy atom. The maximum absolute atomic E-state index is 12.1. The van der Waals surface area contributed by atoms with Crippen LogP contribution in [0, 0.1) is 0 Å². The molecule has 0 aromatic rings. The number of hydrogen-bond acceptors (Lipinski definition) is 7. The minimum absolute atomic E-state index is 0.0223. The van der Waals surface area contributed by atoms with E-state index in [0.29, 0.717) is 0 Å². The second-order valence-corrected chi connectivity index (χ2v) is 6.11. The smallest absolute Gasteiger partial charge is 0.382 e. The van der Waals surface area contributed by atoms with Gasteiger partial charge in [-0.15, -0.1) is 0 Å². The number of methoxy groups -OCH3 is 2. The highest BCUT2D eigenvalue weighted by molar-refractivity contribution is 7.47. The van der Waals surface area contributed by atoms with Crippen LogP contribution in [0.2, 0.25) is 0 Å². The molecule has 7 atom stereocenters. The molecule has 0 aromatic carbocycles. The quantitative estimate of drug-likeness (QED) is 0.489. The van der Waals surface area contributed by atoms with E-state index in [4.69, 9.17) is 43.7 Å². The number of rotatable bonds is 6. The Kier molecular flexibility index (Phi) is 5.90. The Hall–Kier alpha value is 0.0799. The SMILES string of the molecule is [B]C1OCC(OP(=O)(O)OC2C([B])OCC2OC)C1OC. The molecule has 11 heteroatoms. The Labute approximate surface area is 125 Å². The molecular formula is C10H17B2O8P. The van der Waals surface area contributed by atoms with Gasteiger partial charge >= 0.3 is 7.82 Å². The lowest BCUT2D eigenvalue weighted by Gasteiger charge is -2.26. The summed E-state index contributed by atoms with van der Waals surface area (Å²) in [4.78, 5) is 9.86. The van der Waals surface area contributed by atoms with Gasteiger partial charge < -0.3 is 23.8 Å². The number of ether oxygens (including phenoxy) is 4. The lowest BCUT2D eigenvalue weighted by atomic mass is 9.94. The lowest BCUT2D eigenvalue weighted by molar-refractivity contribution is -0.0200. The van der Waals surface area contributed by atoms with Gasteiger partial charge in [0.15, 0.2) is 0 Å². The minimum Gasteiger partial charge on any atom is -0.382 e. The van der Waals surface area contributed by atoms with Crippen molar-refractivity contribution in [2.45, 2.75) is 36.4 Å². The van der Waals surface area contributed by atoms with E-state index in [0.717, 1.165) is 0 Å². The normalized spacial score (nSPS) is 43.0. The number of phosphoric acid groups is 1. The van der Waals surface area contributed by atoms with Gasteiger partial charge in [-0.2, -0.15) is 0 Å². The molecule has 7 unspecified atom stereocenters. The van der Waals surface area contributed by atoms with Crippen molar-refractivity contribution in [3.8, 4) is 0 Å². The first kappa shape index (κ1) is 17.4. The van der Waals surface area contributed by atoms with Crippen molar-refractivity contribution < 1.29 is 37.5 Å². The van der Waals surface area contributed by atoms with Crippen molar-refractivity contribution in [2.24, 2.45) is 0 Å². The summed E-state index contributed by atoms with van der Waals surface area (Å²) in [6.07, 6.45) is -2.95. The van der Waals surface area contributed by atoms with Gasteiger partial charge in [0.05, 0.1) is 13.2 Å². The van der Waals surface area contributed by atoms with Crippen molar-refractivity contribution in [1.82, 2.24) is 0 Å². The molecule has 0 bridgehead atoms. The maximum atomic E-state index is 12.1. The minimum atomic E-state index is -4.41. The van der Waals surface area contributed by atoms with Gasteiger partial charge in [0, 0.05) is 26.2 Å².